The fourth-order valence-electron chi connectivity index (χ4n) is 2.01. The molecule has 128 valence electrons. The Balaban J connectivity index is 3.04. The van der Waals surface area contributed by atoms with Gasteiger partial charge < -0.3 is 15.8 Å². The zero-order valence-electron chi connectivity index (χ0n) is 13.7. The molecule has 1 aromatic rings. The van der Waals surface area contributed by atoms with Crippen LogP contribution in [0.3, 0.4) is 0 Å². The molecule has 0 aliphatic rings. The Bertz CT molecular complexity index is 601. The van der Waals surface area contributed by atoms with Crippen molar-refractivity contribution in [2.24, 2.45) is 5.73 Å². The maximum absolute atomic E-state index is 13.5. The number of halogens is 1. The minimum absolute atomic E-state index is 0.0207. The van der Waals surface area contributed by atoms with E-state index in [2.05, 4.69) is 5.32 Å². The standard InChI is InChI=1S/C15H22FN3O4/c1-14(2,3)23-13(20)18-9-15(4,8-17)11-7-10(16)5-6-12(11)19(21)22/h5-7H,8-9,17H2,1-4H3,(H,18,20). The third-order valence-electron chi connectivity index (χ3n) is 3.28. The number of hydrogen-bond acceptors (Lipinski definition) is 5. The van der Waals surface area contributed by atoms with Gasteiger partial charge in [0.1, 0.15) is 11.4 Å². The van der Waals surface area contributed by atoms with Gasteiger partial charge in [-0.15, -0.1) is 0 Å². The summed E-state index contributed by atoms with van der Waals surface area (Å²) >= 11 is 0. The van der Waals surface area contributed by atoms with E-state index < -0.39 is 27.8 Å². The highest BCUT2D eigenvalue weighted by molar-refractivity contribution is 5.68. The molecule has 1 atom stereocenters. The molecular formula is C15H22FN3O4. The number of alkyl carbamates (subject to hydrolysis) is 1. The summed E-state index contributed by atoms with van der Waals surface area (Å²) in [4.78, 5) is 22.3. The lowest BCUT2D eigenvalue weighted by Crippen LogP contribution is -2.45. The Morgan fingerprint density at radius 1 is 1.39 bits per heavy atom. The van der Waals surface area contributed by atoms with Crippen molar-refractivity contribution in [2.45, 2.75) is 38.7 Å². The Morgan fingerprint density at radius 3 is 2.48 bits per heavy atom. The molecule has 0 saturated carbocycles. The minimum atomic E-state index is -1.01. The lowest BCUT2D eigenvalue weighted by atomic mass is 9.81. The normalized spacial score (nSPS) is 14.0. The van der Waals surface area contributed by atoms with Crippen molar-refractivity contribution in [1.82, 2.24) is 5.32 Å². The number of carbonyl (C=O) groups excluding carboxylic acids is 1. The molecule has 0 aliphatic heterocycles. The van der Waals surface area contributed by atoms with Gasteiger partial charge in [0.05, 0.1) is 4.92 Å². The van der Waals surface area contributed by atoms with Crippen LogP contribution in [0.5, 0.6) is 0 Å². The van der Waals surface area contributed by atoms with Crippen molar-refractivity contribution in [2.75, 3.05) is 13.1 Å². The van der Waals surface area contributed by atoms with E-state index in [-0.39, 0.29) is 24.3 Å². The molecule has 7 nitrogen and oxygen atoms in total. The zero-order chi connectivity index (χ0) is 17.8. The number of nitrogens with one attached hydrogen (secondary N) is 1. The van der Waals surface area contributed by atoms with Gasteiger partial charge in [0.2, 0.25) is 0 Å². The van der Waals surface area contributed by atoms with Gasteiger partial charge in [0, 0.05) is 30.1 Å². The first-order valence-corrected chi connectivity index (χ1v) is 7.10. The van der Waals surface area contributed by atoms with Crippen LogP contribution in [0.25, 0.3) is 0 Å². The summed E-state index contributed by atoms with van der Waals surface area (Å²) in [7, 11) is 0. The van der Waals surface area contributed by atoms with E-state index in [1.165, 1.54) is 0 Å². The van der Waals surface area contributed by atoms with E-state index in [1.54, 1.807) is 27.7 Å². The van der Waals surface area contributed by atoms with Gasteiger partial charge in [-0.1, -0.05) is 6.92 Å². The molecular weight excluding hydrogens is 305 g/mol. The van der Waals surface area contributed by atoms with Gasteiger partial charge in [-0.3, -0.25) is 10.1 Å². The van der Waals surface area contributed by atoms with E-state index in [9.17, 15) is 19.3 Å². The van der Waals surface area contributed by atoms with Crippen LogP contribution in [-0.4, -0.2) is 29.7 Å². The number of benzene rings is 1. The Hall–Kier alpha value is -2.22. The number of hydrogen-bond donors (Lipinski definition) is 2. The molecule has 1 rings (SSSR count). The van der Waals surface area contributed by atoms with Crippen LogP contribution in [0.2, 0.25) is 0 Å². The van der Waals surface area contributed by atoms with Gasteiger partial charge in [-0.2, -0.15) is 0 Å². The molecule has 0 heterocycles. The molecule has 1 aromatic carbocycles. The van der Waals surface area contributed by atoms with Crippen LogP contribution < -0.4 is 11.1 Å². The Kier molecular flexibility index (Phi) is 5.65. The largest absolute Gasteiger partial charge is 0.444 e. The molecule has 0 fully saturated rings. The second-order valence-electron chi connectivity index (χ2n) is 6.54. The number of nitrogens with zero attached hydrogens (tertiary/aromatic N) is 1. The van der Waals surface area contributed by atoms with E-state index in [4.69, 9.17) is 10.5 Å². The van der Waals surface area contributed by atoms with Crippen molar-refractivity contribution in [3.8, 4) is 0 Å². The molecule has 0 aromatic heterocycles. The quantitative estimate of drug-likeness (QED) is 0.638. The first kappa shape index (κ1) is 18.8. The van der Waals surface area contributed by atoms with Crippen molar-refractivity contribution >= 4 is 11.8 Å². The maximum Gasteiger partial charge on any atom is 0.407 e. The monoisotopic (exact) mass is 327 g/mol. The van der Waals surface area contributed by atoms with Gasteiger partial charge in [-0.25, -0.2) is 9.18 Å². The lowest BCUT2D eigenvalue weighted by Gasteiger charge is -2.29. The van der Waals surface area contributed by atoms with Crippen LogP contribution in [0.4, 0.5) is 14.9 Å². The number of amides is 1. The highest BCUT2D eigenvalue weighted by atomic mass is 19.1. The molecule has 0 spiro atoms. The molecule has 23 heavy (non-hydrogen) atoms. The van der Waals surface area contributed by atoms with Gasteiger partial charge in [-0.05, 0) is 32.9 Å². The highest BCUT2D eigenvalue weighted by Gasteiger charge is 2.33. The van der Waals surface area contributed by atoms with Crippen molar-refractivity contribution in [1.29, 1.82) is 0 Å². The summed E-state index contributed by atoms with van der Waals surface area (Å²) in [6.07, 6.45) is -0.670. The molecule has 0 aliphatic carbocycles. The first-order valence-electron chi connectivity index (χ1n) is 7.10. The van der Waals surface area contributed by atoms with Gasteiger partial charge in [0.25, 0.3) is 5.69 Å². The smallest absolute Gasteiger partial charge is 0.407 e. The third kappa shape index (κ3) is 5.17. The van der Waals surface area contributed by atoms with Crippen molar-refractivity contribution < 1.29 is 18.8 Å². The molecule has 8 heteroatoms. The van der Waals surface area contributed by atoms with Crippen LogP contribution in [0.15, 0.2) is 18.2 Å². The molecule has 0 radical (unpaired) electrons. The summed E-state index contributed by atoms with van der Waals surface area (Å²) in [6, 6.07) is 3.17. The maximum atomic E-state index is 13.5. The zero-order valence-corrected chi connectivity index (χ0v) is 13.7. The third-order valence-corrected chi connectivity index (χ3v) is 3.28. The van der Waals surface area contributed by atoms with Crippen LogP contribution in [-0.2, 0) is 10.2 Å². The van der Waals surface area contributed by atoms with E-state index in [0.29, 0.717) is 0 Å². The number of nitrogens with two attached hydrogens (primary N) is 1. The number of ether oxygens (including phenoxy) is 1. The predicted octanol–water partition coefficient (Wildman–Crippen LogP) is 2.48. The van der Waals surface area contributed by atoms with E-state index in [0.717, 1.165) is 18.2 Å². The second-order valence-corrected chi connectivity index (χ2v) is 6.54. The predicted molar refractivity (Wildman–Crippen MR) is 83.7 cm³/mol. The number of nitro benzene ring substituents is 1. The summed E-state index contributed by atoms with van der Waals surface area (Å²) < 4.78 is 18.6. The van der Waals surface area contributed by atoms with Crippen molar-refractivity contribution in [3.05, 3.63) is 39.7 Å². The summed E-state index contributed by atoms with van der Waals surface area (Å²) in [5.74, 6) is -0.609. The Labute approximate surface area is 134 Å². The number of rotatable bonds is 5. The molecule has 3 N–H and O–H groups in total. The van der Waals surface area contributed by atoms with Crippen LogP contribution in [0, 0.1) is 15.9 Å². The molecule has 1 unspecified atom stereocenters. The summed E-state index contributed by atoms with van der Waals surface area (Å²) in [6.45, 7) is 6.71. The van der Waals surface area contributed by atoms with Crippen LogP contribution >= 0.6 is 0 Å². The number of carbonyl (C=O) groups is 1. The van der Waals surface area contributed by atoms with E-state index >= 15 is 0 Å². The second kappa shape index (κ2) is 6.91. The fraction of sp³-hybridized carbons (Fsp3) is 0.533. The SMILES string of the molecule is CC(C)(C)OC(=O)NCC(C)(CN)c1cc(F)ccc1[N+](=O)[O-]. The highest BCUT2D eigenvalue weighted by Crippen LogP contribution is 2.31. The summed E-state index contributed by atoms with van der Waals surface area (Å²) in [5, 5.41) is 13.7. The first-order chi connectivity index (χ1) is 10.5. The van der Waals surface area contributed by atoms with Gasteiger partial charge >= 0.3 is 6.09 Å². The van der Waals surface area contributed by atoms with Crippen molar-refractivity contribution in [3.63, 3.8) is 0 Å². The average Bonchev–Trinajstić information content (AvgIpc) is 2.42. The van der Waals surface area contributed by atoms with Crippen LogP contribution in [0.1, 0.15) is 33.3 Å². The fourth-order valence-corrected chi connectivity index (χ4v) is 2.01. The summed E-state index contributed by atoms with van der Waals surface area (Å²) in [5.41, 5.74) is 3.93. The number of nitro groups is 1. The molecule has 1 amide bonds. The average molecular weight is 327 g/mol. The topological polar surface area (TPSA) is 107 Å². The minimum Gasteiger partial charge on any atom is -0.444 e. The van der Waals surface area contributed by atoms with E-state index in [1.807, 2.05) is 0 Å². The van der Waals surface area contributed by atoms with Gasteiger partial charge in [0.15, 0.2) is 0 Å². The lowest BCUT2D eigenvalue weighted by molar-refractivity contribution is -0.386. The Morgan fingerprint density at radius 2 is 2.00 bits per heavy atom. The molecule has 0 saturated heterocycles. The molecule has 0 bridgehead atoms.